The highest BCUT2D eigenvalue weighted by molar-refractivity contribution is 5.77. The fraction of sp³-hybridized carbons (Fsp3) is 0.500. The Morgan fingerprint density at radius 2 is 2.29 bits per heavy atom. The molecule has 1 atom stereocenters. The molecule has 1 aliphatic heterocycles. The molecule has 1 fully saturated rings. The minimum atomic E-state index is -0.428. The minimum Gasteiger partial charge on any atom is -0.423 e. The molecule has 1 aliphatic rings. The molecule has 21 heavy (non-hydrogen) atoms. The lowest BCUT2D eigenvalue weighted by Gasteiger charge is -2.25. The smallest absolute Gasteiger partial charge is 0.298 e. The average Bonchev–Trinajstić information content (AvgIpc) is 2.71. The van der Waals surface area contributed by atoms with E-state index >= 15 is 0 Å². The van der Waals surface area contributed by atoms with Crippen molar-refractivity contribution in [2.45, 2.75) is 25.3 Å². The summed E-state index contributed by atoms with van der Waals surface area (Å²) < 4.78 is 5.70. The van der Waals surface area contributed by atoms with Crippen molar-refractivity contribution in [1.82, 2.24) is 10.3 Å². The minimum absolute atomic E-state index is 0.0199. The number of hydrogen-bond donors (Lipinski definition) is 1. The third kappa shape index (κ3) is 2.82. The molecule has 0 aliphatic carbocycles. The van der Waals surface area contributed by atoms with Gasteiger partial charge in [0.2, 0.25) is 0 Å². The van der Waals surface area contributed by atoms with Gasteiger partial charge in [-0.1, -0.05) is 0 Å². The van der Waals surface area contributed by atoms with E-state index in [1.807, 2.05) is 11.9 Å². The second-order valence-electron chi connectivity index (χ2n) is 5.35. The van der Waals surface area contributed by atoms with Gasteiger partial charge >= 0.3 is 0 Å². The molecule has 3 rings (SSSR count). The summed E-state index contributed by atoms with van der Waals surface area (Å²) in [4.78, 5) is 16.8. The number of nitrogens with zero attached hydrogens (tertiary/aromatic N) is 3. The highest BCUT2D eigenvalue weighted by atomic mass is 16.6. The number of oxazole rings is 1. The van der Waals surface area contributed by atoms with Crippen LogP contribution in [0.5, 0.6) is 0 Å². The molecule has 112 valence electrons. The molecule has 0 saturated carbocycles. The van der Waals surface area contributed by atoms with Crippen molar-refractivity contribution in [3.8, 4) is 0 Å². The Balaban J connectivity index is 1.87. The quantitative estimate of drug-likeness (QED) is 0.689. The van der Waals surface area contributed by atoms with E-state index in [0.717, 1.165) is 32.4 Å². The predicted octanol–water partition coefficient (Wildman–Crippen LogP) is 2.31. The first-order valence-electron chi connectivity index (χ1n) is 7.13. The Morgan fingerprint density at radius 1 is 1.43 bits per heavy atom. The van der Waals surface area contributed by atoms with Gasteiger partial charge in [0.25, 0.3) is 11.7 Å². The number of fused-ring (bicyclic) bond motifs is 1. The Kier molecular flexibility index (Phi) is 3.74. The molecule has 1 aromatic heterocycles. The normalized spacial score (nSPS) is 19.4. The first-order chi connectivity index (χ1) is 10.1. The van der Waals surface area contributed by atoms with Crippen molar-refractivity contribution < 1.29 is 9.34 Å². The lowest BCUT2D eigenvalue weighted by atomic mass is 10.1. The summed E-state index contributed by atoms with van der Waals surface area (Å²) in [7, 11) is 1.97. The van der Waals surface area contributed by atoms with E-state index in [9.17, 15) is 10.1 Å². The number of anilines is 1. The number of hydrogen-bond acceptors (Lipinski definition) is 6. The van der Waals surface area contributed by atoms with Gasteiger partial charge in [-0.25, -0.2) is 0 Å². The van der Waals surface area contributed by atoms with E-state index in [4.69, 9.17) is 4.42 Å². The SMILES string of the molecule is CN(c1nc2ccc([N+](=O)[O-])cc2o1)C1CCCNCC1. The highest BCUT2D eigenvalue weighted by Crippen LogP contribution is 2.27. The average molecular weight is 290 g/mol. The molecule has 0 amide bonds. The van der Waals surface area contributed by atoms with Crippen molar-refractivity contribution in [2.75, 3.05) is 25.0 Å². The van der Waals surface area contributed by atoms with Gasteiger partial charge in [-0.05, 0) is 38.4 Å². The summed E-state index contributed by atoms with van der Waals surface area (Å²) in [5, 5.41) is 14.2. The second kappa shape index (κ2) is 5.69. The van der Waals surface area contributed by atoms with Gasteiger partial charge < -0.3 is 14.6 Å². The summed E-state index contributed by atoms with van der Waals surface area (Å²) in [6.07, 6.45) is 3.25. The number of nitro benzene ring substituents is 1. The molecule has 7 heteroatoms. The number of rotatable bonds is 3. The summed E-state index contributed by atoms with van der Waals surface area (Å²) in [5.74, 6) is 0. The summed E-state index contributed by atoms with van der Waals surface area (Å²) >= 11 is 0. The fourth-order valence-electron chi connectivity index (χ4n) is 2.71. The maximum Gasteiger partial charge on any atom is 0.298 e. The molecule has 2 heterocycles. The zero-order valence-electron chi connectivity index (χ0n) is 11.9. The van der Waals surface area contributed by atoms with Crippen LogP contribution in [0, 0.1) is 10.1 Å². The lowest BCUT2D eigenvalue weighted by Crippen LogP contribution is -2.32. The summed E-state index contributed by atoms with van der Waals surface area (Å²) in [6.45, 7) is 2.03. The van der Waals surface area contributed by atoms with E-state index in [2.05, 4.69) is 10.3 Å². The molecule has 0 bridgehead atoms. The topological polar surface area (TPSA) is 84.4 Å². The molecular weight excluding hydrogens is 272 g/mol. The molecule has 2 aromatic rings. The van der Waals surface area contributed by atoms with Crippen LogP contribution in [-0.2, 0) is 0 Å². The van der Waals surface area contributed by atoms with Crippen LogP contribution in [0.2, 0.25) is 0 Å². The van der Waals surface area contributed by atoms with E-state index in [1.54, 1.807) is 6.07 Å². The van der Waals surface area contributed by atoms with Crippen LogP contribution in [0.4, 0.5) is 11.7 Å². The van der Waals surface area contributed by atoms with Crippen molar-refractivity contribution in [1.29, 1.82) is 0 Å². The summed E-state index contributed by atoms with van der Waals surface area (Å²) in [6, 6.07) is 5.40. The Morgan fingerprint density at radius 3 is 3.10 bits per heavy atom. The first kappa shape index (κ1) is 13.8. The summed E-state index contributed by atoms with van der Waals surface area (Å²) in [5.41, 5.74) is 1.12. The monoisotopic (exact) mass is 290 g/mol. The van der Waals surface area contributed by atoms with E-state index in [0.29, 0.717) is 23.2 Å². The number of non-ortho nitro benzene ring substituents is 1. The molecule has 0 spiro atoms. The number of aromatic nitrogens is 1. The zero-order chi connectivity index (χ0) is 14.8. The van der Waals surface area contributed by atoms with Crippen molar-refractivity contribution >= 4 is 22.8 Å². The van der Waals surface area contributed by atoms with Gasteiger partial charge in [0, 0.05) is 19.2 Å². The van der Waals surface area contributed by atoms with Gasteiger partial charge in [0.1, 0.15) is 5.52 Å². The largest absolute Gasteiger partial charge is 0.423 e. The number of nitro groups is 1. The van der Waals surface area contributed by atoms with Crippen LogP contribution in [0.15, 0.2) is 22.6 Å². The highest BCUT2D eigenvalue weighted by Gasteiger charge is 2.21. The molecule has 1 N–H and O–H groups in total. The third-order valence-electron chi connectivity index (χ3n) is 3.97. The van der Waals surface area contributed by atoms with Gasteiger partial charge in [-0.15, -0.1) is 0 Å². The van der Waals surface area contributed by atoms with Gasteiger partial charge in [0.05, 0.1) is 11.0 Å². The van der Waals surface area contributed by atoms with E-state index < -0.39 is 4.92 Å². The van der Waals surface area contributed by atoms with Crippen molar-refractivity contribution in [2.24, 2.45) is 0 Å². The Hall–Kier alpha value is -2.15. The molecule has 7 nitrogen and oxygen atoms in total. The third-order valence-corrected chi connectivity index (χ3v) is 3.97. The van der Waals surface area contributed by atoms with Crippen LogP contribution in [0.3, 0.4) is 0 Å². The van der Waals surface area contributed by atoms with Gasteiger partial charge in [-0.3, -0.25) is 10.1 Å². The van der Waals surface area contributed by atoms with Gasteiger partial charge in [-0.2, -0.15) is 4.98 Å². The Bertz CT molecular complexity index is 647. The second-order valence-corrected chi connectivity index (χ2v) is 5.35. The molecule has 1 aromatic carbocycles. The number of benzene rings is 1. The van der Waals surface area contributed by atoms with E-state index in [-0.39, 0.29) is 5.69 Å². The molecule has 1 saturated heterocycles. The van der Waals surface area contributed by atoms with Crippen molar-refractivity contribution in [3.05, 3.63) is 28.3 Å². The first-order valence-corrected chi connectivity index (χ1v) is 7.13. The maximum absolute atomic E-state index is 10.8. The van der Waals surface area contributed by atoms with Crippen molar-refractivity contribution in [3.63, 3.8) is 0 Å². The maximum atomic E-state index is 10.8. The number of nitrogens with one attached hydrogen (secondary N) is 1. The van der Waals surface area contributed by atoms with Crippen LogP contribution in [0.1, 0.15) is 19.3 Å². The molecular formula is C14H18N4O3. The molecule has 1 unspecified atom stereocenters. The zero-order valence-corrected chi connectivity index (χ0v) is 11.9. The van der Waals surface area contributed by atoms with E-state index in [1.165, 1.54) is 12.1 Å². The standard InChI is InChI=1S/C14H18N4O3/c1-17(10-3-2-7-15-8-6-10)14-16-12-5-4-11(18(19)20)9-13(12)21-14/h4-5,9-10,15H,2-3,6-8H2,1H3. The van der Waals surface area contributed by atoms with Crippen LogP contribution in [-0.4, -0.2) is 36.1 Å². The predicted molar refractivity (Wildman–Crippen MR) is 79.6 cm³/mol. The van der Waals surface area contributed by atoms with Crippen LogP contribution < -0.4 is 10.2 Å². The van der Waals surface area contributed by atoms with Crippen LogP contribution >= 0.6 is 0 Å². The molecule has 0 radical (unpaired) electrons. The van der Waals surface area contributed by atoms with Gasteiger partial charge in [0.15, 0.2) is 5.58 Å². The van der Waals surface area contributed by atoms with Crippen LogP contribution in [0.25, 0.3) is 11.1 Å². The lowest BCUT2D eigenvalue weighted by molar-refractivity contribution is -0.384. The fourth-order valence-corrected chi connectivity index (χ4v) is 2.71. The Labute approximate surface area is 122 Å².